The highest BCUT2D eigenvalue weighted by Gasteiger charge is 2.26. The van der Waals surface area contributed by atoms with Crippen LogP contribution in [-0.4, -0.2) is 28.3 Å². The van der Waals surface area contributed by atoms with Crippen LogP contribution in [0.5, 0.6) is 5.88 Å². The molecule has 1 aliphatic rings. The molecule has 0 spiro atoms. The van der Waals surface area contributed by atoms with Crippen molar-refractivity contribution in [2.45, 2.75) is 17.1 Å². The largest absolute Gasteiger partial charge is 0.465 e. The molecule has 5 rings (SSSR count). The van der Waals surface area contributed by atoms with Gasteiger partial charge in [0.2, 0.25) is 11.0 Å². The minimum Gasteiger partial charge on any atom is -0.465 e. The van der Waals surface area contributed by atoms with Gasteiger partial charge in [0.25, 0.3) is 0 Å². The molecular formula is C25H20N4O3S. The number of hydrogen-bond donors (Lipinski definition) is 1. The summed E-state index contributed by atoms with van der Waals surface area (Å²) in [5, 5.41) is 12.7. The molecule has 1 atom stereocenters. The first-order valence-electron chi connectivity index (χ1n) is 10.3. The molecule has 1 N–H and O–H groups in total. The van der Waals surface area contributed by atoms with Crippen LogP contribution in [0.15, 0.2) is 84.0 Å². The van der Waals surface area contributed by atoms with Crippen LogP contribution in [-0.2, 0) is 10.5 Å². The number of esters is 1. The van der Waals surface area contributed by atoms with E-state index in [0.29, 0.717) is 22.3 Å². The quantitative estimate of drug-likeness (QED) is 0.327. The van der Waals surface area contributed by atoms with E-state index in [0.717, 1.165) is 22.6 Å². The van der Waals surface area contributed by atoms with Crippen LogP contribution in [0.2, 0.25) is 0 Å². The summed E-state index contributed by atoms with van der Waals surface area (Å²) in [4.78, 5) is 16.5. The second-order valence-electron chi connectivity index (χ2n) is 7.32. The van der Waals surface area contributed by atoms with Gasteiger partial charge in [0.15, 0.2) is 11.9 Å². The third kappa shape index (κ3) is 4.51. The van der Waals surface area contributed by atoms with Gasteiger partial charge in [-0.3, -0.25) is 0 Å². The fourth-order valence-corrected chi connectivity index (χ4v) is 4.23. The molecule has 0 radical (unpaired) electrons. The second-order valence-corrected chi connectivity index (χ2v) is 8.27. The van der Waals surface area contributed by atoms with Gasteiger partial charge < -0.3 is 14.8 Å². The Morgan fingerprint density at radius 2 is 1.76 bits per heavy atom. The number of rotatable bonds is 5. The van der Waals surface area contributed by atoms with Crippen LogP contribution in [0.3, 0.4) is 0 Å². The van der Waals surface area contributed by atoms with E-state index in [4.69, 9.17) is 9.47 Å². The lowest BCUT2D eigenvalue weighted by Crippen LogP contribution is -2.17. The highest BCUT2D eigenvalue weighted by molar-refractivity contribution is 7.98. The summed E-state index contributed by atoms with van der Waals surface area (Å²) in [6.07, 6.45) is -0.525. The summed E-state index contributed by atoms with van der Waals surface area (Å²) in [6, 6.07) is 25.0. The molecule has 3 aromatic carbocycles. The molecule has 0 saturated carbocycles. The molecule has 0 bridgehead atoms. The maximum absolute atomic E-state index is 11.8. The van der Waals surface area contributed by atoms with E-state index in [1.807, 2.05) is 54.6 Å². The first-order chi connectivity index (χ1) is 16.2. The number of nitrogens with one attached hydrogen (secondary N) is 1. The number of ether oxygens (including phenoxy) is 2. The van der Waals surface area contributed by atoms with E-state index in [9.17, 15) is 4.79 Å². The Bertz CT molecular complexity index is 1280. The van der Waals surface area contributed by atoms with Crippen molar-refractivity contribution >= 4 is 23.4 Å². The van der Waals surface area contributed by atoms with Crippen LogP contribution >= 0.6 is 11.8 Å². The van der Waals surface area contributed by atoms with Crippen molar-refractivity contribution < 1.29 is 14.3 Å². The fraction of sp³-hybridized carbons (Fsp3) is 0.120. The van der Waals surface area contributed by atoms with Crippen LogP contribution in [0, 0.1) is 0 Å². The van der Waals surface area contributed by atoms with Gasteiger partial charge in [-0.1, -0.05) is 72.4 Å². The van der Waals surface area contributed by atoms with Gasteiger partial charge in [0.05, 0.1) is 12.7 Å². The minimum atomic E-state index is -0.525. The average molecular weight is 457 g/mol. The number of carbonyl (C=O) groups is 1. The lowest BCUT2D eigenvalue weighted by atomic mass is 10.1. The number of carbonyl (C=O) groups excluding carboxylic acids is 1. The molecule has 7 nitrogen and oxygen atoms in total. The molecule has 0 aliphatic carbocycles. The zero-order valence-corrected chi connectivity index (χ0v) is 18.6. The standard InChI is InChI=1S/C25H20N4O3S/c1-31-24(30)18-13-11-17(12-14-18)22-26-20-10-6-5-9-19(20)21-23(32-22)27-25(29-28-21)33-15-16-7-3-2-4-8-16/h2-14,22,26H,15H2,1H3. The molecular weight excluding hydrogens is 436 g/mol. The Morgan fingerprint density at radius 3 is 2.55 bits per heavy atom. The SMILES string of the molecule is COC(=O)c1ccc(C2Nc3ccccc3-c3nnc(SCc4ccccc4)nc3O2)cc1. The van der Waals surface area contributed by atoms with E-state index in [1.165, 1.54) is 24.4 Å². The topological polar surface area (TPSA) is 86.2 Å². The van der Waals surface area contributed by atoms with Crippen LogP contribution in [0.4, 0.5) is 5.69 Å². The first-order valence-corrected chi connectivity index (χ1v) is 11.3. The lowest BCUT2D eigenvalue weighted by molar-refractivity contribution is 0.0600. The van der Waals surface area contributed by atoms with Gasteiger partial charge in [0, 0.05) is 22.6 Å². The molecule has 8 heteroatoms. The third-order valence-electron chi connectivity index (χ3n) is 5.18. The molecule has 33 heavy (non-hydrogen) atoms. The average Bonchev–Trinajstić information content (AvgIpc) is 3.04. The smallest absolute Gasteiger partial charge is 0.337 e. The van der Waals surface area contributed by atoms with E-state index in [1.54, 1.807) is 12.1 Å². The van der Waals surface area contributed by atoms with Gasteiger partial charge in [0.1, 0.15) is 0 Å². The van der Waals surface area contributed by atoms with E-state index in [-0.39, 0.29) is 5.97 Å². The number of thioether (sulfide) groups is 1. The van der Waals surface area contributed by atoms with Crippen molar-refractivity contribution in [1.82, 2.24) is 15.2 Å². The molecule has 0 saturated heterocycles. The maximum atomic E-state index is 11.8. The van der Waals surface area contributed by atoms with Gasteiger partial charge >= 0.3 is 5.97 Å². The number of anilines is 1. The molecule has 1 aliphatic heterocycles. The molecule has 164 valence electrons. The molecule has 2 heterocycles. The number of aromatic nitrogens is 3. The summed E-state index contributed by atoms with van der Waals surface area (Å²) in [6.45, 7) is 0. The van der Waals surface area contributed by atoms with E-state index in [2.05, 4.69) is 32.6 Å². The number of fused-ring (bicyclic) bond motifs is 3. The normalized spacial score (nSPS) is 14.2. The van der Waals surface area contributed by atoms with Crippen molar-refractivity contribution in [3.05, 3.63) is 95.6 Å². The van der Waals surface area contributed by atoms with Crippen LogP contribution < -0.4 is 10.1 Å². The number of nitrogens with zero attached hydrogens (tertiary/aromatic N) is 3. The predicted molar refractivity (Wildman–Crippen MR) is 126 cm³/mol. The summed E-state index contributed by atoms with van der Waals surface area (Å²) in [7, 11) is 1.36. The van der Waals surface area contributed by atoms with E-state index < -0.39 is 6.23 Å². The van der Waals surface area contributed by atoms with Crippen molar-refractivity contribution in [2.24, 2.45) is 0 Å². The Kier molecular flexibility index (Phi) is 5.91. The molecule has 0 amide bonds. The monoisotopic (exact) mass is 456 g/mol. The van der Waals surface area contributed by atoms with Crippen LogP contribution in [0.1, 0.15) is 27.7 Å². The number of para-hydroxylation sites is 1. The van der Waals surface area contributed by atoms with Crippen molar-refractivity contribution in [1.29, 1.82) is 0 Å². The Morgan fingerprint density at radius 1 is 1.00 bits per heavy atom. The highest BCUT2D eigenvalue weighted by Crippen LogP contribution is 2.39. The van der Waals surface area contributed by atoms with Crippen molar-refractivity contribution in [2.75, 3.05) is 12.4 Å². The highest BCUT2D eigenvalue weighted by atomic mass is 32.2. The Balaban J connectivity index is 1.47. The third-order valence-corrected chi connectivity index (χ3v) is 6.09. The number of hydrogen-bond acceptors (Lipinski definition) is 8. The van der Waals surface area contributed by atoms with Gasteiger partial charge in [-0.15, -0.1) is 10.2 Å². The zero-order valence-electron chi connectivity index (χ0n) is 17.8. The summed E-state index contributed by atoms with van der Waals surface area (Å²) < 4.78 is 11.1. The summed E-state index contributed by atoms with van der Waals surface area (Å²) >= 11 is 1.50. The zero-order chi connectivity index (χ0) is 22.6. The molecule has 0 fully saturated rings. The van der Waals surface area contributed by atoms with Crippen molar-refractivity contribution in [3.8, 4) is 17.1 Å². The van der Waals surface area contributed by atoms with E-state index >= 15 is 0 Å². The molecule has 4 aromatic rings. The van der Waals surface area contributed by atoms with Gasteiger partial charge in [-0.05, 0) is 23.8 Å². The number of benzene rings is 3. The lowest BCUT2D eigenvalue weighted by Gasteiger charge is -2.19. The minimum absolute atomic E-state index is 0.385. The first kappa shape index (κ1) is 21.0. The summed E-state index contributed by atoms with van der Waals surface area (Å²) in [5.74, 6) is 0.748. The summed E-state index contributed by atoms with van der Waals surface area (Å²) in [5.41, 5.74) is 4.79. The van der Waals surface area contributed by atoms with Gasteiger partial charge in [-0.2, -0.15) is 4.98 Å². The fourth-order valence-electron chi connectivity index (χ4n) is 3.49. The Labute approximate surface area is 195 Å². The van der Waals surface area contributed by atoms with Crippen molar-refractivity contribution in [3.63, 3.8) is 0 Å². The molecule has 1 aromatic heterocycles. The van der Waals surface area contributed by atoms with Gasteiger partial charge in [-0.25, -0.2) is 4.79 Å². The maximum Gasteiger partial charge on any atom is 0.337 e. The molecule has 1 unspecified atom stereocenters. The number of methoxy groups -OCH3 is 1. The predicted octanol–water partition coefficient (Wildman–Crippen LogP) is 5.12. The second kappa shape index (κ2) is 9.30. The Hall–Kier alpha value is -3.91. The van der Waals surface area contributed by atoms with Crippen LogP contribution in [0.25, 0.3) is 11.3 Å².